The molecule has 0 saturated carbocycles. The third-order valence-electron chi connectivity index (χ3n) is 3.38. The minimum absolute atomic E-state index is 0.463. The van der Waals surface area contributed by atoms with Gasteiger partial charge in [0.1, 0.15) is 5.75 Å². The van der Waals surface area contributed by atoms with Gasteiger partial charge in [-0.05, 0) is 37.2 Å². The second kappa shape index (κ2) is 4.82. The van der Waals surface area contributed by atoms with Crippen molar-refractivity contribution in [1.82, 2.24) is 10.3 Å². The monoisotopic (exact) mass is 243 g/mol. The third-order valence-corrected chi connectivity index (χ3v) is 3.38. The molecule has 1 aliphatic rings. The Bertz CT molecular complexity index is 550. The summed E-state index contributed by atoms with van der Waals surface area (Å²) in [5.41, 5.74) is 2.04. The summed E-state index contributed by atoms with van der Waals surface area (Å²) in [6.07, 6.45) is 2.95. The van der Waals surface area contributed by atoms with Gasteiger partial charge in [0.25, 0.3) is 0 Å². The van der Waals surface area contributed by atoms with Crippen molar-refractivity contribution in [2.45, 2.75) is 12.5 Å². The molecule has 2 heterocycles. The molecule has 0 bridgehead atoms. The Balaban J connectivity index is 2.05. The molecule has 1 aromatic carbocycles. The maximum Gasteiger partial charge on any atom is 0.142 e. The molecule has 2 aromatic rings. The Hall–Kier alpha value is -1.81. The zero-order valence-corrected chi connectivity index (χ0v) is 10.4. The molecular weight excluding hydrogens is 226 g/mol. The van der Waals surface area contributed by atoms with Crippen LogP contribution in [0.5, 0.6) is 5.75 Å². The molecule has 0 aliphatic carbocycles. The average Bonchev–Trinajstić information content (AvgIpc) is 2.92. The number of benzene rings is 1. The van der Waals surface area contributed by atoms with Gasteiger partial charge in [0.15, 0.2) is 0 Å². The van der Waals surface area contributed by atoms with Crippen LogP contribution in [0, 0.1) is 0 Å². The molecule has 1 fully saturated rings. The van der Waals surface area contributed by atoms with E-state index in [4.69, 9.17) is 4.74 Å². The highest BCUT2D eigenvalue weighted by Crippen LogP contribution is 2.33. The SMILES string of the molecule is COc1ccc2ncccc2c1N[C@@H]1CCNC1. The Morgan fingerprint density at radius 1 is 1.39 bits per heavy atom. The van der Waals surface area contributed by atoms with E-state index in [0.29, 0.717) is 6.04 Å². The molecule has 0 amide bonds. The first-order chi connectivity index (χ1) is 8.88. The number of nitrogens with one attached hydrogen (secondary N) is 2. The van der Waals surface area contributed by atoms with Crippen molar-refractivity contribution in [2.75, 3.05) is 25.5 Å². The van der Waals surface area contributed by atoms with Crippen molar-refractivity contribution < 1.29 is 4.74 Å². The Labute approximate surface area is 106 Å². The standard InChI is InChI=1S/C14H17N3O/c1-18-13-5-4-12-11(3-2-7-16-12)14(13)17-10-6-8-15-9-10/h2-5,7,10,15,17H,6,8-9H2,1H3/t10-/m1/s1. The fraction of sp³-hybridized carbons (Fsp3) is 0.357. The van der Waals surface area contributed by atoms with E-state index < -0.39 is 0 Å². The van der Waals surface area contributed by atoms with Crippen molar-refractivity contribution in [3.05, 3.63) is 30.5 Å². The number of rotatable bonds is 3. The summed E-state index contributed by atoms with van der Waals surface area (Å²) < 4.78 is 5.45. The van der Waals surface area contributed by atoms with Crippen molar-refractivity contribution >= 4 is 16.6 Å². The fourth-order valence-electron chi connectivity index (χ4n) is 2.43. The number of nitrogens with zero attached hydrogens (tertiary/aromatic N) is 1. The molecular formula is C14H17N3O. The number of pyridine rings is 1. The summed E-state index contributed by atoms with van der Waals surface area (Å²) in [6.45, 7) is 2.07. The van der Waals surface area contributed by atoms with Crippen LogP contribution in [0.3, 0.4) is 0 Å². The quantitative estimate of drug-likeness (QED) is 0.865. The zero-order valence-electron chi connectivity index (χ0n) is 10.4. The lowest BCUT2D eigenvalue weighted by molar-refractivity contribution is 0.416. The van der Waals surface area contributed by atoms with Gasteiger partial charge in [0.2, 0.25) is 0 Å². The summed E-state index contributed by atoms with van der Waals surface area (Å²) in [4.78, 5) is 4.38. The molecule has 18 heavy (non-hydrogen) atoms. The first-order valence-electron chi connectivity index (χ1n) is 6.27. The van der Waals surface area contributed by atoms with Gasteiger partial charge in [-0.25, -0.2) is 0 Å². The minimum atomic E-state index is 0.463. The van der Waals surface area contributed by atoms with Crippen LogP contribution in [-0.4, -0.2) is 31.2 Å². The van der Waals surface area contributed by atoms with Crippen LogP contribution in [0.4, 0.5) is 5.69 Å². The van der Waals surface area contributed by atoms with E-state index in [1.54, 1.807) is 7.11 Å². The molecule has 1 atom stereocenters. The third kappa shape index (κ3) is 1.99. The van der Waals surface area contributed by atoms with E-state index in [1.165, 1.54) is 0 Å². The van der Waals surface area contributed by atoms with Crippen LogP contribution in [0.25, 0.3) is 10.9 Å². The van der Waals surface area contributed by atoms with Crippen LogP contribution < -0.4 is 15.4 Å². The maximum absolute atomic E-state index is 5.45. The number of anilines is 1. The van der Waals surface area contributed by atoms with Crippen LogP contribution in [0.15, 0.2) is 30.5 Å². The summed E-state index contributed by atoms with van der Waals surface area (Å²) in [5.74, 6) is 0.877. The summed E-state index contributed by atoms with van der Waals surface area (Å²) in [6, 6.07) is 8.46. The first-order valence-corrected chi connectivity index (χ1v) is 6.27. The van der Waals surface area contributed by atoms with Gasteiger partial charge in [0.05, 0.1) is 18.3 Å². The topological polar surface area (TPSA) is 46.2 Å². The summed E-state index contributed by atoms with van der Waals surface area (Å²) >= 11 is 0. The number of hydrogen-bond donors (Lipinski definition) is 2. The number of fused-ring (bicyclic) bond motifs is 1. The van der Waals surface area contributed by atoms with Gasteiger partial charge < -0.3 is 15.4 Å². The number of ether oxygens (including phenoxy) is 1. The lowest BCUT2D eigenvalue weighted by Gasteiger charge is -2.17. The van der Waals surface area contributed by atoms with Gasteiger partial charge in [-0.1, -0.05) is 0 Å². The van der Waals surface area contributed by atoms with Crippen molar-refractivity contribution in [2.24, 2.45) is 0 Å². The molecule has 1 saturated heterocycles. The highest BCUT2D eigenvalue weighted by Gasteiger charge is 2.17. The lowest BCUT2D eigenvalue weighted by atomic mass is 10.1. The maximum atomic E-state index is 5.45. The van der Waals surface area contributed by atoms with Crippen LogP contribution >= 0.6 is 0 Å². The van der Waals surface area contributed by atoms with Crippen LogP contribution in [0.2, 0.25) is 0 Å². The fourth-order valence-corrected chi connectivity index (χ4v) is 2.43. The number of aromatic nitrogens is 1. The Morgan fingerprint density at radius 3 is 3.11 bits per heavy atom. The van der Waals surface area contributed by atoms with Gasteiger partial charge >= 0.3 is 0 Å². The van der Waals surface area contributed by atoms with E-state index in [2.05, 4.69) is 21.7 Å². The smallest absolute Gasteiger partial charge is 0.142 e. The molecule has 1 aromatic heterocycles. The number of hydrogen-bond acceptors (Lipinski definition) is 4. The van der Waals surface area contributed by atoms with E-state index in [0.717, 1.165) is 41.9 Å². The normalized spacial score (nSPS) is 19.1. The largest absolute Gasteiger partial charge is 0.495 e. The van der Waals surface area contributed by atoms with Crippen molar-refractivity contribution in [3.8, 4) is 5.75 Å². The molecule has 3 rings (SSSR count). The molecule has 0 radical (unpaired) electrons. The molecule has 4 nitrogen and oxygen atoms in total. The Kier molecular flexibility index (Phi) is 3.02. The predicted octanol–water partition coefficient (Wildman–Crippen LogP) is 2.02. The highest BCUT2D eigenvalue weighted by molar-refractivity contribution is 5.94. The van der Waals surface area contributed by atoms with Gasteiger partial charge in [0, 0.05) is 24.2 Å². The second-order valence-corrected chi connectivity index (χ2v) is 4.55. The highest BCUT2D eigenvalue weighted by atomic mass is 16.5. The molecule has 0 unspecified atom stereocenters. The Morgan fingerprint density at radius 2 is 2.33 bits per heavy atom. The van der Waals surface area contributed by atoms with Crippen LogP contribution in [-0.2, 0) is 0 Å². The molecule has 94 valence electrons. The molecule has 2 N–H and O–H groups in total. The van der Waals surface area contributed by atoms with E-state index in [1.807, 2.05) is 24.4 Å². The summed E-state index contributed by atoms with van der Waals surface area (Å²) in [7, 11) is 1.70. The lowest BCUT2D eigenvalue weighted by Crippen LogP contribution is -2.22. The first kappa shape index (κ1) is 11.3. The zero-order chi connectivity index (χ0) is 12.4. The average molecular weight is 243 g/mol. The van der Waals surface area contributed by atoms with E-state index in [-0.39, 0.29) is 0 Å². The molecule has 0 spiro atoms. The number of methoxy groups -OCH3 is 1. The minimum Gasteiger partial charge on any atom is -0.495 e. The molecule has 1 aliphatic heterocycles. The van der Waals surface area contributed by atoms with E-state index in [9.17, 15) is 0 Å². The predicted molar refractivity (Wildman–Crippen MR) is 73.2 cm³/mol. The van der Waals surface area contributed by atoms with Crippen molar-refractivity contribution in [3.63, 3.8) is 0 Å². The van der Waals surface area contributed by atoms with Gasteiger partial charge in [-0.3, -0.25) is 4.98 Å². The second-order valence-electron chi connectivity index (χ2n) is 4.55. The summed E-state index contributed by atoms with van der Waals surface area (Å²) in [5, 5.41) is 8.05. The van der Waals surface area contributed by atoms with Crippen molar-refractivity contribution in [1.29, 1.82) is 0 Å². The van der Waals surface area contributed by atoms with E-state index >= 15 is 0 Å². The van der Waals surface area contributed by atoms with Gasteiger partial charge in [-0.2, -0.15) is 0 Å². The van der Waals surface area contributed by atoms with Gasteiger partial charge in [-0.15, -0.1) is 0 Å². The molecule has 4 heteroatoms. The van der Waals surface area contributed by atoms with Crippen LogP contribution in [0.1, 0.15) is 6.42 Å².